The van der Waals surface area contributed by atoms with Gasteiger partial charge in [-0.25, -0.2) is 0 Å². The van der Waals surface area contributed by atoms with E-state index in [9.17, 15) is 4.79 Å². The molecule has 0 aliphatic heterocycles. The van der Waals surface area contributed by atoms with E-state index in [4.69, 9.17) is 0 Å². The van der Waals surface area contributed by atoms with E-state index in [1.54, 1.807) is 0 Å². The molecule has 6 heteroatoms. The minimum absolute atomic E-state index is 0.131. The van der Waals surface area contributed by atoms with Crippen LogP contribution in [0.4, 0.5) is 5.13 Å². The number of amides is 1. The van der Waals surface area contributed by atoms with Gasteiger partial charge >= 0.3 is 0 Å². The van der Waals surface area contributed by atoms with E-state index in [1.807, 2.05) is 24.3 Å². The average Bonchev–Trinajstić information content (AvgIpc) is 2.91. The molecule has 0 atom stereocenters. The zero-order valence-electron chi connectivity index (χ0n) is 11.9. The predicted molar refractivity (Wildman–Crippen MR) is 94.9 cm³/mol. The molecule has 2 aromatic rings. The van der Waals surface area contributed by atoms with Gasteiger partial charge in [0, 0.05) is 9.99 Å². The Morgan fingerprint density at radius 3 is 2.81 bits per heavy atom. The highest BCUT2D eigenvalue weighted by molar-refractivity contribution is 14.1. The van der Waals surface area contributed by atoms with Crippen molar-refractivity contribution < 1.29 is 4.79 Å². The van der Waals surface area contributed by atoms with Crippen LogP contribution in [0.2, 0.25) is 0 Å². The molecule has 1 aromatic heterocycles. The quantitative estimate of drug-likeness (QED) is 0.535. The largest absolute Gasteiger partial charge is 0.296 e. The number of carbonyl (C=O) groups excluding carboxylic acids is 1. The molecule has 0 spiro atoms. The maximum atomic E-state index is 12.2. The summed E-state index contributed by atoms with van der Waals surface area (Å²) in [6.45, 7) is 2.20. The lowest BCUT2D eigenvalue weighted by molar-refractivity contribution is 0.102. The highest BCUT2D eigenvalue weighted by atomic mass is 127. The first kappa shape index (κ1) is 16.4. The van der Waals surface area contributed by atoms with E-state index in [0.717, 1.165) is 21.4 Å². The minimum Gasteiger partial charge on any atom is -0.296 e. The Morgan fingerprint density at radius 1 is 1.24 bits per heavy atom. The Hall–Kier alpha value is -1.02. The van der Waals surface area contributed by atoms with E-state index in [0.29, 0.717) is 10.7 Å². The predicted octanol–water partition coefficient (Wildman–Crippen LogP) is 4.52. The van der Waals surface area contributed by atoms with Crippen LogP contribution < -0.4 is 5.32 Å². The summed E-state index contributed by atoms with van der Waals surface area (Å²) in [5, 5.41) is 12.6. The number of unbranched alkanes of at least 4 members (excludes halogenated alkanes) is 3. The molecule has 112 valence electrons. The molecule has 1 heterocycles. The lowest BCUT2D eigenvalue weighted by atomic mass is 10.2. The lowest BCUT2D eigenvalue weighted by Crippen LogP contribution is -2.13. The third-order valence-electron chi connectivity index (χ3n) is 3.05. The third kappa shape index (κ3) is 5.03. The normalized spacial score (nSPS) is 10.6. The fourth-order valence-electron chi connectivity index (χ4n) is 1.92. The highest BCUT2D eigenvalue weighted by Gasteiger charge is 2.12. The number of halogens is 1. The number of nitrogens with one attached hydrogen (secondary N) is 1. The summed E-state index contributed by atoms with van der Waals surface area (Å²) in [5.41, 5.74) is 0.665. The number of nitrogens with zero attached hydrogens (tertiary/aromatic N) is 2. The van der Waals surface area contributed by atoms with Crippen molar-refractivity contribution in [2.24, 2.45) is 0 Å². The lowest BCUT2D eigenvalue weighted by Gasteiger charge is -2.02. The maximum absolute atomic E-state index is 12.2. The van der Waals surface area contributed by atoms with Crippen molar-refractivity contribution in [2.45, 2.75) is 39.0 Å². The van der Waals surface area contributed by atoms with Gasteiger partial charge in [0.25, 0.3) is 5.91 Å². The molecular weight excluding hydrogens is 397 g/mol. The minimum atomic E-state index is -0.131. The number of benzene rings is 1. The van der Waals surface area contributed by atoms with E-state index < -0.39 is 0 Å². The van der Waals surface area contributed by atoms with Crippen molar-refractivity contribution in [3.63, 3.8) is 0 Å². The van der Waals surface area contributed by atoms with Gasteiger partial charge in [0.1, 0.15) is 5.01 Å². The van der Waals surface area contributed by atoms with Crippen molar-refractivity contribution >= 4 is 45.0 Å². The Kier molecular flexibility index (Phi) is 6.56. The molecule has 4 nitrogen and oxygen atoms in total. The molecule has 0 radical (unpaired) electrons. The summed E-state index contributed by atoms with van der Waals surface area (Å²) >= 11 is 3.62. The molecule has 0 unspecified atom stereocenters. The standard InChI is InChI=1S/C15H18IN3OS/c1-2-3-4-5-10-13-18-19-15(21-13)17-14(20)11-8-6-7-9-12(11)16/h6-9H,2-5,10H2,1H3,(H,17,19,20). The van der Waals surface area contributed by atoms with E-state index in [2.05, 4.69) is 45.0 Å². The van der Waals surface area contributed by atoms with Gasteiger partial charge in [-0.3, -0.25) is 10.1 Å². The summed E-state index contributed by atoms with van der Waals surface area (Å²) in [6.07, 6.45) is 5.78. The number of aromatic nitrogens is 2. The Balaban J connectivity index is 1.90. The van der Waals surface area contributed by atoms with Crippen LogP contribution in [0.5, 0.6) is 0 Å². The van der Waals surface area contributed by atoms with E-state index in [1.165, 1.54) is 30.6 Å². The van der Waals surface area contributed by atoms with Crippen LogP contribution in [-0.4, -0.2) is 16.1 Å². The van der Waals surface area contributed by atoms with Crippen LogP contribution in [0.3, 0.4) is 0 Å². The third-order valence-corrected chi connectivity index (χ3v) is 4.89. The Morgan fingerprint density at radius 2 is 2.05 bits per heavy atom. The summed E-state index contributed by atoms with van der Waals surface area (Å²) < 4.78 is 0.928. The number of rotatable bonds is 7. The SMILES string of the molecule is CCCCCCc1nnc(NC(=O)c2ccccc2I)s1. The average molecular weight is 415 g/mol. The molecular formula is C15H18IN3OS. The summed E-state index contributed by atoms with van der Waals surface area (Å²) in [7, 11) is 0. The second-order valence-corrected chi connectivity index (χ2v) is 6.97. The van der Waals surface area contributed by atoms with Crippen molar-refractivity contribution in [3.05, 3.63) is 38.4 Å². The molecule has 0 bridgehead atoms. The molecule has 21 heavy (non-hydrogen) atoms. The van der Waals surface area contributed by atoms with Gasteiger partial charge in [0.05, 0.1) is 5.56 Å². The first-order valence-electron chi connectivity index (χ1n) is 7.09. The molecule has 0 saturated heterocycles. The molecule has 0 saturated carbocycles. The van der Waals surface area contributed by atoms with Gasteiger partial charge < -0.3 is 0 Å². The van der Waals surface area contributed by atoms with Crippen molar-refractivity contribution in [3.8, 4) is 0 Å². The van der Waals surface area contributed by atoms with Crippen LogP contribution in [0.15, 0.2) is 24.3 Å². The highest BCUT2D eigenvalue weighted by Crippen LogP contribution is 2.19. The fourth-order valence-corrected chi connectivity index (χ4v) is 3.33. The molecule has 1 N–H and O–H groups in total. The van der Waals surface area contributed by atoms with Crippen molar-refractivity contribution in [1.29, 1.82) is 0 Å². The topological polar surface area (TPSA) is 54.9 Å². The number of hydrogen-bond donors (Lipinski definition) is 1. The number of aryl methyl sites for hydroxylation is 1. The number of anilines is 1. The van der Waals surface area contributed by atoms with Gasteiger partial charge in [-0.2, -0.15) is 0 Å². The molecule has 1 aromatic carbocycles. The van der Waals surface area contributed by atoms with Crippen LogP contribution in [-0.2, 0) is 6.42 Å². The van der Waals surface area contributed by atoms with Gasteiger partial charge in [0.2, 0.25) is 5.13 Å². The van der Waals surface area contributed by atoms with Crippen LogP contribution in [0, 0.1) is 3.57 Å². The van der Waals surface area contributed by atoms with E-state index in [-0.39, 0.29) is 5.91 Å². The summed E-state index contributed by atoms with van der Waals surface area (Å²) in [4.78, 5) is 12.2. The molecule has 0 fully saturated rings. The monoisotopic (exact) mass is 415 g/mol. The molecule has 1 amide bonds. The van der Waals surface area contributed by atoms with Gasteiger partial charge in [-0.1, -0.05) is 49.7 Å². The van der Waals surface area contributed by atoms with Crippen LogP contribution in [0.25, 0.3) is 0 Å². The zero-order valence-corrected chi connectivity index (χ0v) is 14.9. The van der Waals surface area contributed by atoms with Gasteiger partial charge in [-0.15, -0.1) is 10.2 Å². The van der Waals surface area contributed by atoms with Crippen LogP contribution in [0.1, 0.15) is 48.0 Å². The van der Waals surface area contributed by atoms with Crippen molar-refractivity contribution in [1.82, 2.24) is 10.2 Å². The summed E-state index contributed by atoms with van der Waals surface area (Å²) in [5.74, 6) is -0.131. The first-order chi connectivity index (χ1) is 10.2. The Labute approximate surface area is 142 Å². The second-order valence-electron chi connectivity index (χ2n) is 4.75. The van der Waals surface area contributed by atoms with Gasteiger partial charge in [-0.05, 0) is 41.1 Å². The Bertz CT molecular complexity index is 600. The fraction of sp³-hybridized carbons (Fsp3) is 0.400. The molecule has 2 rings (SSSR count). The van der Waals surface area contributed by atoms with E-state index >= 15 is 0 Å². The van der Waals surface area contributed by atoms with Crippen molar-refractivity contribution in [2.75, 3.05) is 5.32 Å². The molecule has 0 aliphatic carbocycles. The summed E-state index contributed by atoms with van der Waals surface area (Å²) in [6, 6.07) is 7.49. The first-order valence-corrected chi connectivity index (χ1v) is 8.98. The number of hydrogen-bond acceptors (Lipinski definition) is 4. The maximum Gasteiger partial charge on any atom is 0.258 e. The van der Waals surface area contributed by atoms with Gasteiger partial charge in [0.15, 0.2) is 0 Å². The number of carbonyl (C=O) groups is 1. The van der Waals surface area contributed by atoms with Crippen LogP contribution >= 0.6 is 33.9 Å². The molecule has 0 aliphatic rings. The smallest absolute Gasteiger partial charge is 0.258 e. The second kappa shape index (κ2) is 8.43. The zero-order chi connectivity index (χ0) is 15.1.